The number of hydrogen-bond donors (Lipinski definition) is 0. The lowest BCUT2D eigenvalue weighted by atomic mass is 10.0. The van der Waals surface area contributed by atoms with Crippen LogP contribution in [0.2, 0.25) is 0 Å². The zero-order valence-corrected chi connectivity index (χ0v) is 9.94. The maximum Gasteiger partial charge on any atom is 0.127 e. The summed E-state index contributed by atoms with van der Waals surface area (Å²) >= 11 is 0. The van der Waals surface area contributed by atoms with Crippen LogP contribution in [0.4, 0.5) is 0 Å². The minimum Gasteiger partial charge on any atom is -0.458 e. The summed E-state index contributed by atoms with van der Waals surface area (Å²) in [6, 6.07) is 8.34. The molecular weight excluding hydrogens is 196 g/mol. The zero-order chi connectivity index (χ0) is 11.4. The molecule has 0 bridgehead atoms. The van der Waals surface area contributed by atoms with Gasteiger partial charge in [0.1, 0.15) is 11.5 Å². The van der Waals surface area contributed by atoms with E-state index < -0.39 is 0 Å². The molecule has 0 atom stereocenters. The second-order valence-corrected chi connectivity index (χ2v) is 4.41. The zero-order valence-electron chi connectivity index (χ0n) is 9.94. The van der Waals surface area contributed by atoms with Gasteiger partial charge in [0.25, 0.3) is 0 Å². The fraction of sp³-hybridized carbons (Fsp3) is 0.333. The van der Waals surface area contributed by atoms with Gasteiger partial charge in [0.2, 0.25) is 0 Å². The minimum atomic E-state index is 0.572. The van der Waals surface area contributed by atoms with E-state index in [9.17, 15) is 0 Å². The van der Waals surface area contributed by atoms with Crippen LogP contribution >= 0.6 is 0 Å². The van der Waals surface area contributed by atoms with E-state index in [4.69, 9.17) is 4.74 Å². The summed E-state index contributed by atoms with van der Waals surface area (Å²) in [4.78, 5) is 0. The van der Waals surface area contributed by atoms with Crippen LogP contribution in [-0.2, 0) is 0 Å². The van der Waals surface area contributed by atoms with Gasteiger partial charge >= 0.3 is 0 Å². The second kappa shape index (κ2) is 5.02. The lowest BCUT2D eigenvalue weighted by molar-refractivity contribution is 0.439. The van der Waals surface area contributed by atoms with Crippen molar-refractivity contribution in [1.29, 1.82) is 0 Å². The van der Waals surface area contributed by atoms with Crippen molar-refractivity contribution >= 4 is 0 Å². The Morgan fingerprint density at radius 3 is 2.38 bits per heavy atom. The first-order chi connectivity index (χ1) is 7.75. The summed E-state index contributed by atoms with van der Waals surface area (Å²) in [5.41, 5.74) is 1.35. The maximum atomic E-state index is 5.76. The molecule has 0 saturated heterocycles. The summed E-state index contributed by atoms with van der Waals surface area (Å²) in [6.07, 6.45) is 8.53. The van der Waals surface area contributed by atoms with Crippen LogP contribution in [0.3, 0.4) is 0 Å². The molecule has 0 fully saturated rings. The molecule has 0 radical (unpaired) electrons. The third-order valence-electron chi connectivity index (χ3n) is 2.74. The average molecular weight is 214 g/mol. The highest BCUT2D eigenvalue weighted by molar-refractivity contribution is 5.32. The molecule has 0 unspecified atom stereocenters. The Kier molecular flexibility index (Phi) is 3.45. The number of allylic oxidation sites excluding steroid dienone is 3. The Hall–Kier alpha value is -1.50. The van der Waals surface area contributed by atoms with Crippen LogP contribution in [0.25, 0.3) is 0 Å². The molecule has 1 heteroatoms. The van der Waals surface area contributed by atoms with E-state index >= 15 is 0 Å². The van der Waals surface area contributed by atoms with Gasteiger partial charge in [0, 0.05) is 0 Å². The van der Waals surface area contributed by atoms with Crippen LogP contribution in [0.5, 0.6) is 5.75 Å². The maximum absolute atomic E-state index is 5.76. The van der Waals surface area contributed by atoms with Gasteiger partial charge in [-0.25, -0.2) is 0 Å². The highest BCUT2D eigenvalue weighted by Gasteiger charge is 2.02. The molecule has 1 aliphatic carbocycles. The average Bonchev–Trinajstić information content (AvgIpc) is 2.31. The first-order valence-corrected chi connectivity index (χ1v) is 5.90. The molecular formula is C15H18O. The number of rotatable bonds is 3. The molecule has 0 amide bonds. The summed E-state index contributed by atoms with van der Waals surface area (Å²) in [5, 5.41) is 0. The van der Waals surface area contributed by atoms with Crippen molar-refractivity contribution in [1.82, 2.24) is 0 Å². The number of hydrogen-bond acceptors (Lipinski definition) is 1. The minimum absolute atomic E-state index is 0.572. The Labute approximate surface area is 97.4 Å². The Morgan fingerprint density at radius 1 is 1.06 bits per heavy atom. The van der Waals surface area contributed by atoms with Crippen molar-refractivity contribution in [2.45, 2.75) is 32.6 Å². The molecule has 0 N–H and O–H groups in total. The molecule has 16 heavy (non-hydrogen) atoms. The van der Waals surface area contributed by atoms with Gasteiger partial charge in [-0.05, 0) is 48.6 Å². The Morgan fingerprint density at radius 2 is 1.81 bits per heavy atom. The fourth-order valence-corrected chi connectivity index (χ4v) is 1.72. The lowest BCUT2D eigenvalue weighted by Gasteiger charge is -2.11. The molecule has 0 heterocycles. The molecule has 0 spiro atoms. The van der Waals surface area contributed by atoms with Crippen molar-refractivity contribution in [2.24, 2.45) is 0 Å². The van der Waals surface area contributed by atoms with Gasteiger partial charge in [-0.3, -0.25) is 0 Å². The van der Waals surface area contributed by atoms with E-state index in [2.05, 4.69) is 38.1 Å². The Bertz CT molecular complexity index is 396. The molecule has 0 aliphatic heterocycles. The monoisotopic (exact) mass is 214 g/mol. The van der Waals surface area contributed by atoms with Crippen LogP contribution < -0.4 is 4.74 Å². The van der Waals surface area contributed by atoms with Crippen LogP contribution in [-0.4, -0.2) is 0 Å². The van der Waals surface area contributed by atoms with Gasteiger partial charge in [-0.1, -0.05) is 32.1 Å². The Balaban J connectivity index is 2.05. The quantitative estimate of drug-likeness (QED) is 0.723. The summed E-state index contributed by atoms with van der Waals surface area (Å²) < 4.78 is 5.76. The number of ether oxygens (including phenoxy) is 1. The van der Waals surface area contributed by atoms with E-state index in [0.29, 0.717) is 5.92 Å². The van der Waals surface area contributed by atoms with Crippen LogP contribution in [0, 0.1) is 0 Å². The van der Waals surface area contributed by atoms with Crippen molar-refractivity contribution < 1.29 is 4.74 Å². The second-order valence-electron chi connectivity index (χ2n) is 4.41. The molecule has 84 valence electrons. The molecule has 1 nitrogen and oxygen atoms in total. The van der Waals surface area contributed by atoms with Crippen molar-refractivity contribution in [2.75, 3.05) is 0 Å². The summed E-state index contributed by atoms with van der Waals surface area (Å²) in [6.45, 7) is 4.39. The van der Waals surface area contributed by atoms with Gasteiger partial charge in [0.05, 0.1) is 0 Å². The third-order valence-corrected chi connectivity index (χ3v) is 2.74. The molecule has 1 aliphatic rings. The molecule has 2 rings (SSSR count). The predicted molar refractivity (Wildman–Crippen MR) is 67.6 cm³/mol. The molecule has 1 aromatic carbocycles. The molecule has 0 saturated carbocycles. The van der Waals surface area contributed by atoms with E-state index in [-0.39, 0.29) is 0 Å². The highest BCUT2D eigenvalue weighted by atomic mass is 16.5. The SMILES string of the molecule is CC(C)c1ccc(OC2=CCCC=C2)cc1. The van der Waals surface area contributed by atoms with Crippen molar-refractivity contribution in [3.8, 4) is 5.75 Å². The lowest BCUT2D eigenvalue weighted by Crippen LogP contribution is -1.95. The fourth-order valence-electron chi connectivity index (χ4n) is 1.72. The predicted octanol–water partition coefficient (Wildman–Crippen LogP) is 4.42. The normalized spacial score (nSPS) is 15.1. The standard InChI is InChI=1S/C15H18O/c1-12(2)13-8-10-15(11-9-13)16-14-6-4-3-5-7-14/h4,6-12H,3,5H2,1-2H3. The van der Waals surface area contributed by atoms with Gasteiger partial charge in [-0.2, -0.15) is 0 Å². The summed E-state index contributed by atoms with van der Waals surface area (Å²) in [7, 11) is 0. The van der Waals surface area contributed by atoms with Crippen molar-refractivity contribution in [3.05, 3.63) is 53.8 Å². The van der Waals surface area contributed by atoms with E-state index in [1.54, 1.807) is 0 Å². The molecule has 0 aromatic heterocycles. The van der Waals surface area contributed by atoms with Crippen LogP contribution in [0.1, 0.15) is 38.2 Å². The highest BCUT2D eigenvalue weighted by Crippen LogP contribution is 2.21. The smallest absolute Gasteiger partial charge is 0.127 e. The van der Waals surface area contributed by atoms with Gasteiger partial charge in [-0.15, -0.1) is 0 Å². The summed E-state index contributed by atoms with van der Waals surface area (Å²) in [5.74, 6) is 2.45. The van der Waals surface area contributed by atoms with E-state index in [0.717, 1.165) is 24.4 Å². The van der Waals surface area contributed by atoms with Crippen LogP contribution in [0.15, 0.2) is 48.3 Å². The van der Waals surface area contributed by atoms with E-state index in [1.807, 2.05) is 18.2 Å². The van der Waals surface area contributed by atoms with Gasteiger partial charge in [0.15, 0.2) is 0 Å². The first kappa shape index (κ1) is 11.0. The van der Waals surface area contributed by atoms with E-state index in [1.165, 1.54) is 5.56 Å². The van der Waals surface area contributed by atoms with Gasteiger partial charge < -0.3 is 4.74 Å². The van der Waals surface area contributed by atoms with Crippen molar-refractivity contribution in [3.63, 3.8) is 0 Å². The third kappa shape index (κ3) is 2.75. The topological polar surface area (TPSA) is 9.23 Å². The largest absolute Gasteiger partial charge is 0.458 e. The first-order valence-electron chi connectivity index (χ1n) is 5.90. The number of benzene rings is 1. The molecule has 1 aromatic rings.